The maximum atomic E-state index is 10.7. The fourth-order valence-electron chi connectivity index (χ4n) is 1.36. The summed E-state index contributed by atoms with van der Waals surface area (Å²) in [6.45, 7) is 4.97. The molecule has 0 aromatic carbocycles. The Kier molecular flexibility index (Phi) is 5.51. The molecule has 1 fully saturated rings. The van der Waals surface area contributed by atoms with E-state index in [9.17, 15) is 4.79 Å². The Bertz CT molecular complexity index is 169. The number of nitrogens with zero attached hydrogens (tertiary/aromatic N) is 1. The second kappa shape index (κ2) is 6.75. The van der Waals surface area contributed by atoms with E-state index in [0.717, 1.165) is 39.3 Å². The third kappa shape index (κ3) is 4.55. The van der Waals surface area contributed by atoms with Crippen molar-refractivity contribution in [3.8, 4) is 0 Å². The molecule has 0 aromatic rings. The van der Waals surface area contributed by atoms with E-state index in [0.29, 0.717) is 6.61 Å². The standard InChI is InChI=1S/C9H18N2O3/c10-8-9(12)14-5-1-2-11-3-6-13-7-4-11/h1-8,10H2. The zero-order valence-corrected chi connectivity index (χ0v) is 8.41. The van der Waals surface area contributed by atoms with Gasteiger partial charge in [-0.05, 0) is 6.42 Å². The van der Waals surface area contributed by atoms with Crippen LogP contribution in [0, 0.1) is 0 Å². The number of carbonyl (C=O) groups excluding carboxylic acids is 1. The molecule has 2 N–H and O–H groups in total. The summed E-state index contributed by atoms with van der Waals surface area (Å²) in [4.78, 5) is 13.0. The molecular weight excluding hydrogens is 184 g/mol. The van der Waals surface area contributed by atoms with Crippen LogP contribution < -0.4 is 5.73 Å². The second-order valence-electron chi connectivity index (χ2n) is 3.23. The number of ether oxygens (including phenoxy) is 2. The van der Waals surface area contributed by atoms with Crippen LogP contribution in [0.1, 0.15) is 6.42 Å². The molecule has 0 saturated carbocycles. The van der Waals surface area contributed by atoms with Crippen LogP contribution in [-0.2, 0) is 14.3 Å². The largest absolute Gasteiger partial charge is 0.465 e. The van der Waals surface area contributed by atoms with Gasteiger partial charge in [0, 0.05) is 19.6 Å². The fraction of sp³-hybridized carbons (Fsp3) is 0.889. The molecule has 1 aliphatic heterocycles. The molecule has 1 aliphatic rings. The molecule has 0 radical (unpaired) electrons. The average molecular weight is 202 g/mol. The summed E-state index contributed by atoms with van der Waals surface area (Å²) < 4.78 is 10.1. The fourth-order valence-corrected chi connectivity index (χ4v) is 1.36. The number of rotatable bonds is 5. The number of nitrogens with two attached hydrogens (primary N) is 1. The van der Waals surface area contributed by atoms with Gasteiger partial charge in [-0.1, -0.05) is 0 Å². The summed E-state index contributed by atoms with van der Waals surface area (Å²) in [6.07, 6.45) is 0.867. The van der Waals surface area contributed by atoms with Gasteiger partial charge in [0.05, 0.1) is 26.4 Å². The first-order chi connectivity index (χ1) is 6.83. The molecule has 82 valence electrons. The predicted molar refractivity (Wildman–Crippen MR) is 51.9 cm³/mol. The van der Waals surface area contributed by atoms with Crippen molar-refractivity contribution >= 4 is 5.97 Å². The van der Waals surface area contributed by atoms with Gasteiger partial charge >= 0.3 is 5.97 Å². The number of hydrogen-bond acceptors (Lipinski definition) is 5. The van der Waals surface area contributed by atoms with E-state index < -0.39 is 0 Å². The van der Waals surface area contributed by atoms with E-state index in [1.807, 2.05) is 0 Å². The zero-order valence-electron chi connectivity index (χ0n) is 8.41. The molecule has 5 nitrogen and oxygen atoms in total. The number of esters is 1. The zero-order chi connectivity index (χ0) is 10.2. The summed E-state index contributed by atoms with van der Waals surface area (Å²) in [5.74, 6) is -0.327. The van der Waals surface area contributed by atoms with Gasteiger partial charge in [0.15, 0.2) is 0 Å². The van der Waals surface area contributed by atoms with E-state index in [2.05, 4.69) is 4.90 Å². The highest BCUT2D eigenvalue weighted by Gasteiger charge is 2.09. The molecule has 0 aliphatic carbocycles. The van der Waals surface area contributed by atoms with Crippen LogP contribution in [-0.4, -0.2) is 56.9 Å². The van der Waals surface area contributed by atoms with Crippen molar-refractivity contribution in [2.24, 2.45) is 5.73 Å². The lowest BCUT2D eigenvalue weighted by Gasteiger charge is -2.26. The highest BCUT2D eigenvalue weighted by Crippen LogP contribution is 1.97. The smallest absolute Gasteiger partial charge is 0.319 e. The van der Waals surface area contributed by atoms with E-state index in [-0.39, 0.29) is 12.5 Å². The SMILES string of the molecule is NCC(=O)OCCCN1CCOCC1. The third-order valence-electron chi connectivity index (χ3n) is 2.15. The monoisotopic (exact) mass is 202 g/mol. The molecule has 1 heterocycles. The highest BCUT2D eigenvalue weighted by molar-refractivity contribution is 5.71. The predicted octanol–water partition coefficient (Wildman–Crippen LogP) is -0.789. The molecule has 0 amide bonds. The molecule has 0 atom stereocenters. The van der Waals surface area contributed by atoms with Crippen molar-refractivity contribution in [3.63, 3.8) is 0 Å². The molecule has 0 spiro atoms. The van der Waals surface area contributed by atoms with Crippen LogP contribution in [0.25, 0.3) is 0 Å². The molecule has 0 aromatic heterocycles. The third-order valence-corrected chi connectivity index (χ3v) is 2.15. The summed E-state index contributed by atoms with van der Waals surface area (Å²) in [5.41, 5.74) is 5.10. The Balaban J connectivity index is 1.94. The first kappa shape index (κ1) is 11.4. The summed E-state index contributed by atoms with van der Waals surface area (Å²) >= 11 is 0. The minimum Gasteiger partial charge on any atom is -0.465 e. The van der Waals surface area contributed by atoms with E-state index >= 15 is 0 Å². The average Bonchev–Trinajstić information content (AvgIpc) is 2.25. The maximum Gasteiger partial charge on any atom is 0.319 e. The highest BCUT2D eigenvalue weighted by atomic mass is 16.5. The first-order valence-electron chi connectivity index (χ1n) is 4.98. The number of morpholine rings is 1. The van der Waals surface area contributed by atoms with Crippen molar-refractivity contribution < 1.29 is 14.3 Å². The normalized spacial score (nSPS) is 18.1. The molecule has 5 heteroatoms. The quantitative estimate of drug-likeness (QED) is 0.467. The lowest BCUT2D eigenvalue weighted by atomic mass is 10.3. The lowest BCUT2D eigenvalue weighted by molar-refractivity contribution is -0.142. The van der Waals surface area contributed by atoms with Gasteiger partial charge in [0.1, 0.15) is 0 Å². The van der Waals surface area contributed by atoms with Gasteiger partial charge in [-0.25, -0.2) is 0 Å². The van der Waals surface area contributed by atoms with Gasteiger partial charge < -0.3 is 15.2 Å². The van der Waals surface area contributed by atoms with E-state index in [1.54, 1.807) is 0 Å². The molecule has 1 rings (SSSR count). The van der Waals surface area contributed by atoms with Crippen molar-refractivity contribution in [1.82, 2.24) is 4.90 Å². The minimum atomic E-state index is -0.327. The van der Waals surface area contributed by atoms with Gasteiger partial charge in [-0.15, -0.1) is 0 Å². The Morgan fingerprint density at radius 1 is 1.43 bits per heavy atom. The summed E-state index contributed by atoms with van der Waals surface area (Å²) in [7, 11) is 0. The lowest BCUT2D eigenvalue weighted by Crippen LogP contribution is -2.37. The Morgan fingerprint density at radius 2 is 2.14 bits per heavy atom. The number of carbonyl (C=O) groups is 1. The molecule has 0 bridgehead atoms. The van der Waals surface area contributed by atoms with Crippen molar-refractivity contribution in [3.05, 3.63) is 0 Å². The van der Waals surface area contributed by atoms with Crippen molar-refractivity contribution in [1.29, 1.82) is 0 Å². The van der Waals surface area contributed by atoms with Crippen LogP contribution in [0.4, 0.5) is 0 Å². The van der Waals surface area contributed by atoms with Crippen LogP contribution in [0.3, 0.4) is 0 Å². The second-order valence-corrected chi connectivity index (χ2v) is 3.23. The van der Waals surface area contributed by atoms with Gasteiger partial charge in [0.2, 0.25) is 0 Å². The molecule has 1 saturated heterocycles. The Hall–Kier alpha value is -0.650. The topological polar surface area (TPSA) is 64.8 Å². The van der Waals surface area contributed by atoms with Gasteiger partial charge in [0.25, 0.3) is 0 Å². The van der Waals surface area contributed by atoms with E-state index in [4.69, 9.17) is 15.2 Å². The van der Waals surface area contributed by atoms with Crippen LogP contribution in [0.15, 0.2) is 0 Å². The van der Waals surface area contributed by atoms with Crippen molar-refractivity contribution in [2.45, 2.75) is 6.42 Å². The Morgan fingerprint density at radius 3 is 2.79 bits per heavy atom. The molecule has 14 heavy (non-hydrogen) atoms. The minimum absolute atomic E-state index is 0.0302. The maximum absolute atomic E-state index is 10.7. The van der Waals surface area contributed by atoms with E-state index in [1.165, 1.54) is 0 Å². The van der Waals surface area contributed by atoms with Crippen LogP contribution in [0.5, 0.6) is 0 Å². The van der Waals surface area contributed by atoms with Crippen LogP contribution in [0.2, 0.25) is 0 Å². The summed E-state index contributed by atoms with van der Waals surface area (Å²) in [6, 6.07) is 0. The van der Waals surface area contributed by atoms with Crippen molar-refractivity contribution in [2.75, 3.05) is 46.0 Å². The molecule has 0 unspecified atom stereocenters. The molecular formula is C9H18N2O3. The van der Waals surface area contributed by atoms with Gasteiger partial charge in [-0.2, -0.15) is 0 Å². The van der Waals surface area contributed by atoms with Gasteiger partial charge in [-0.3, -0.25) is 9.69 Å². The first-order valence-corrected chi connectivity index (χ1v) is 4.98. The summed E-state index contributed by atoms with van der Waals surface area (Å²) in [5, 5.41) is 0. The van der Waals surface area contributed by atoms with Crippen LogP contribution >= 0.6 is 0 Å². The number of hydrogen-bond donors (Lipinski definition) is 1. The Labute approximate surface area is 84.1 Å².